The molecule has 0 heterocycles. The molecule has 1 aromatic rings. The second kappa shape index (κ2) is 6.16. The summed E-state index contributed by atoms with van der Waals surface area (Å²) < 4.78 is 0. The van der Waals surface area contributed by atoms with Crippen LogP contribution in [0, 0.1) is 6.92 Å². The molecule has 0 spiro atoms. The van der Waals surface area contributed by atoms with Crippen molar-refractivity contribution in [3.8, 4) is 0 Å². The average molecular weight is 250 g/mol. The highest BCUT2D eigenvalue weighted by molar-refractivity contribution is 5.95. The van der Waals surface area contributed by atoms with Gasteiger partial charge in [0.1, 0.15) is 6.54 Å². The Hall–Kier alpha value is -1.88. The SMILES string of the molecule is Cc1ccccc1C[NH+](C)[C@@H](C)C(=O)NC(N)=O. The zero-order valence-corrected chi connectivity index (χ0v) is 11.0. The first kappa shape index (κ1) is 14.2. The Kier molecular flexibility index (Phi) is 4.85. The van der Waals surface area contributed by atoms with Gasteiger partial charge >= 0.3 is 6.03 Å². The third-order valence-electron chi connectivity index (χ3n) is 3.11. The van der Waals surface area contributed by atoms with Gasteiger partial charge in [0.2, 0.25) is 0 Å². The van der Waals surface area contributed by atoms with Gasteiger partial charge in [0.05, 0.1) is 7.05 Å². The number of nitrogens with one attached hydrogen (secondary N) is 2. The van der Waals surface area contributed by atoms with Crippen molar-refractivity contribution in [3.05, 3.63) is 35.4 Å². The third-order valence-corrected chi connectivity index (χ3v) is 3.11. The Morgan fingerprint density at radius 2 is 2.00 bits per heavy atom. The maximum atomic E-state index is 11.6. The second-order valence-electron chi connectivity index (χ2n) is 4.52. The molecule has 0 saturated heterocycles. The molecule has 0 aliphatic heterocycles. The lowest BCUT2D eigenvalue weighted by Gasteiger charge is -2.21. The van der Waals surface area contributed by atoms with Crippen LogP contribution in [0.2, 0.25) is 0 Å². The molecule has 5 heteroatoms. The topological polar surface area (TPSA) is 76.6 Å². The lowest BCUT2D eigenvalue weighted by molar-refractivity contribution is -0.908. The highest BCUT2D eigenvalue weighted by Gasteiger charge is 2.23. The summed E-state index contributed by atoms with van der Waals surface area (Å²) in [4.78, 5) is 23.3. The van der Waals surface area contributed by atoms with Crippen molar-refractivity contribution >= 4 is 11.9 Å². The second-order valence-corrected chi connectivity index (χ2v) is 4.52. The number of urea groups is 1. The summed E-state index contributed by atoms with van der Waals surface area (Å²) in [6, 6.07) is 6.89. The first-order valence-electron chi connectivity index (χ1n) is 5.89. The highest BCUT2D eigenvalue weighted by Crippen LogP contribution is 2.04. The summed E-state index contributed by atoms with van der Waals surface area (Å²) in [5.41, 5.74) is 7.31. The molecule has 0 aliphatic carbocycles. The van der Waals surface area contributed by atoms with Gasteiger partial charge in [0.25, 0.3) is 5.91 Å². The van der Waals surface area contributed by atoms with Gasteiger partial charge in [-0.3, -0.25) is 10.1 Å². The van der Waals surface area contributed by atoms with E-state index in [4.69, 9.17) is 5.73 Å². The molecule has 0 aliphatic rings. The largest absolute Gasteiger partial charge is 0.351 e. The number of likely N-dealkylation sites (N-methyl/N-ethyl adjacent to an activating group) is 1. The van der Waals surface area contributed by atoms with Gasteiger partial charge in [-0.15, -0.1) is 0 Å². The van der Waals surface area contributed by atoms with Crippen molar-refractivity contribution in [3.63, 3.8) is 0 Å². The Bertz CT molecular complexity index is 446. The number of quaternary nitrogens is 1. The number of amides is 3. The van der Waals surface area contributed by atoms with E-state index in [2.05, 4.69) is 5.32 Å². The molecule has 0 radical (unpaired) electrons. The Morgan fingerprint density at radius 3 is 2.56 bits per heavy atom. The van der Waals surface area contributed by atoms with E-state index < -0.39 is 6.03 Å². The summed E-state index contributed by atoms with van der Waals surface area (Å²) >= 11 is 0. The molecule has 3 amide bonds. The monoisotopic (exact) mass is 250 g/mol. The van der Waals surface area contributed by atoms with E-state index in [1.807, 2.05) is 38.2 Å². The van der Waals surface area contributed by atoms with E-state index in [1.165, 1.54) is 11.1 Å². The number of primary amides is 1. The van der Waals surface area contributed by atoms with Crippen LogP contribution >= 0.6 is 0 Å². The van der Waals surface area contributed by atoms with Crippen LogP contribution in [-0.2, 0) is 11.3 Å². The Labute approximate surface area is 107 Å². The summed E-state index contributed by atoms with van der Waals surface area (Å²) in [5, 5.41) is 2.10. The summed E-state index contributed by atoms with van der Waals surface area (Å²) in [5.74, 6) is -0.353. The van der Waals surface area contributed by atoms with Gasteiger partial charge in [-0.25, -0.2) is 4.79 Å². The molecular weight excluding hydrogens is 230 g/mol. The van der Waals surface area contributed by atoms with Gasteiger partial charge in [0.15, 0.2) is 6.04 Å². The first-order chi connectivity index (χ1) is 8.41. The summed E-state index contributed by atoms with van der Waals surface area (Å²) in [6.07, 6.45) is 0. The van der Waals surface area contributed by atoms with Crippen molar-refractivity contribution in [2.75, 3.05) is 7.05 Å². The molecule has 0 bridgehead atoms. The molecule has 98 valence electrons. The smallest absolute Gasteiger partial charge is 0.319 e. The Morgan fingerprint density at radius 1 is 1.39 bits per heavy atom. The third kappa shape index (κ3) is 3.85. The number of aryl methyl sites for hydroxylation is 1. The molecule has 1 unspecified atom stereocenters. The van der Waals surface area contributed by atoms with Crippen LogP contribution < -0.4 is 16.0 Å². The summed E-state index contributed by atoms with van der Waals surface area (Å²) in [7, 11) is 1.91. The fourth-order valence-corrected chi connectivity index (χ4v) is 1.72. The number of benzene rings is 1. The fraction of sp³-hybridized carbons (Fsp3) is 0.385. The van der Waals surface area contributed by atoms with Crippen molar-refractivity contribution in [1.29, 1.82) is 0 Å². The number of hydrogen-bond acceptors (Lipinski definition) is 2. The quantitative estimate of drug-likeness (QED) is 0.679. The zero-order valence-electron chi connectivity index (χ0n) is 11.0. The number of hydrogen-bond donors (Lipinski definition) is 3. The standard InChI is InChI=1S/C13H19N3O2/c1-9-6-4-5-7-11(9)8-16(3)10(2)12(17)15-13(14)18/h4-7,10H,8H2,1-3H3,(H3,14,15,17,18)/p+1/t10-/m0/s1. The van der Waals surface area contributed by atoms with Gasteiger partial charge in [-0.05, 0) is 19.4 Å². The van der Waals surface area contributed by atoms with Crippen molar-refractivity contribution in [2.45, 2.75) is 26.4 Å². The molecule has 18 heavy (non-hydrogen) atoms. The van der Waals surface area contributed by atoms with E-state index in [0.29, 0.717) is 0 Å². The van der Waals surface area contributed by atoms with Crippen LogP contribution in [0.1, 0.15) is 18.1 Å². The van der Waals surface area contributed by atoms with Crippen molar-refractivity contribution in [1.82, 2.24) is 5.32 Å². The van der Waals surface area contributed by atoms with E-state index in [1.54, 1.807) is 6.92 Å². The van der Waals surface area contributed by atoms with Crippen LogP contribution in [0.5, 0.6) is 0 Å². The number of nitrogens with two attached hydrogens (primary N) is 1. The predicted octanol–water partition coefficient (Wildman–Crippen LogP) is -0.407. The lowest BCUT2D eigenvalue weighted by Crippen LogP contribution is -3.12. The van der Waals surface area contributed by atoms with Gasteiger partial charge in [-0.1, -0.05) is 24.3 Å². The molecule has 0 aromatic heterocycles. The van der Waals surface area contributed by atoms with E-state index in [0.717, 1.165) is 11.4 Å². The fourth-order valence-electron chi connectivity index (χ4n) is 1.72. The minimum absolute atomic E-state index is 0.336. The molecule has 5 nitrogen and oxygen atoms in total. The molecule has 4 N–H and O–H groups in total. The van der Waals surface area contributed by atoms with Crippen molar-refractivity contribution in [2.24, 2.45) is 5.73 Å². The normalized spacial score (nSPS) is 13.7. The van der Waals surface area contributed by atoms with Crippen LogP contribution in [0.4, 0.5) is 4.79 Å². The minimum atomic E-state index is -0.810. The van der Waals surface area contributed by atoms with Crippen LogP contribution in [0.15, 0.2) is 24.3 Å². The maximum absolute atomic E-state index is 11.6. The van der Waals surface area contributed by atoms with Crippen LogP contribution in [0.3, 0.4) is 0 Å². The molecule has 0 saturated carbocycles. The summed E-state index contributed by atoms with van der Waals surface area (Å²) in [6.45, 7) is 4.53. The van der Waals surface area contributed by atoms with Crippen molar-refractivity contribution < 1.29 is 14.5 Å². The molecule has 0 fully saturated rings. The highest BCUT2D eigenvalue weighted by atomic mass is 16.2. The number of imide groups is 1. The minimum Gasteiger partial charge on any atom is -0.351 e. The van der Waals surface area contributed by atoms with Crippen LogP contribution in [0.25, 0.3) is 0 Å². The lowest BCUT2D eigenvalue weighted by atomic mass is 10.1. The van der Waals surface area contributed by atoms with E-state index in [-0.39, 0.29) is 11.9 Å². The predicted molar refractivity (Wildman–Crippen MR) is 69.0 cm³/mol. The van der Waals surface area contributed by atoms with Gasteiger partial charge < -0.3 is 10.6 Å². The number of carbonyl (C=O) groups is 2. The van der Waals surface area contributed by atoms with Gasteiger partial charge in [-0.2, -0.15) is 0 Å². The Balaban J connectivity index is 2.65. The molecular formula is C13H20N3O2+. The molecule has 1 rings (SSSR count). The first-order valence-corrected chi connectivity index (χ1v) is 5.89. The molecule has 1 aromatic carbocycles. The maximum Gasteiger partial charge on any atom is 0.319 e. The zero-order chi connectivity index (χ0) is 13.7. The van der Waals surface area contributed by atoms with Crippen LogP contribution in [-0.4, -0.2) is 25.0 Å². The van der Waals surface area contributed by atoms with E-state index >= 15 is 0 Å². The number of carbonyl (C=O) groups excluding carboxylic acids is 2. The average Bonchev–Trinajstić information content (AvgIpc) is 2.30. The number of rotatable bonds is 4. The van der Waals surface area contributed by atoms with E-state index in [9.17, 15) is 9.59 Å². The van der Waals surface area contributed by atoms with Gasteiger partial charge in [0, 0.05) is 5.56 Å². The molecule has 2 atom stereocenters.